The van der Waals surface area contributed by atoms with E-state index in [9.17, 15) is 4.79 Å². The predicted octanol–water partition coefficient (Wildman–Crippen LogP) is 1.52. The second-order valence-corrected chi connectivity index (χ2v) is 5.00. The first kappa shape index (κ1) is 10.9. The fraction of sp³-hybridized carbons (Fsp3) is 0.917. The number of piperidine rings is 1. The van der Waals surface area contributed by atoms with Crippen LogP contribution in [-0.2, 0) is 4.79 Å². The molecule has 1 aliphatic heterocycles. The molecule has 0 aromatic rings. The Morgan fingerprint density at radius 2 is 1.60 bits per heavy atom. The van der Waals surface area contributed by atoms with Crippen LogP contribution in [0.2, 0.25) is 0 Å². The zero-order chi connectivity index (χ0) is 10.7. The number of carbonyl (C=O) groups is 1. The summed E-state index contributed by atoms with van der Waals surface area (Å²) in [6.45, 7) is 1.97. The molecule has 2 rings (SSSR count). The van der Waals surface area contributed by atoms with Gasteiger partial charge in [-0.25, -0.2) is 0 Å². The van der Waals surface area contributed by atoms with Crippen molar-refractivity contribution in [3.63, 3.8) is 0 Å². The Balaban J connectivity index is 1.84. The number of nitrogens with two attached hydrogens (primary N) is 1. The van der Waals surface area contributed by atoms with Gasteiger partial charge in [-0.05, 0) is 44.9 Å². The zero-order valence-electron chi connectivity index (χ0n) is 9.45. The average molecular weight is 210 g/mol. The minimum atomic E-state index is 0.280. The van der Waals surface area contributed by atoms with Crippen LogP contribution in [-0.4, -0.2) is 29.9 Å². The van der Waals surface area contributed by atoms with Crippen molar-refractivity contribution in [3.05, 3.63) is 0 Å². The van der Waals surface area contributed by atoms with Gasteiger partial charge >= 0.3 is 0 Å². The van der Waals surface area contributed by atoms with E-state index in [1.54, 1.807) is 0 Å². The lowest BCUT2D eigenvalue weighted by Gasteiger charge is -2.33. The molecule has 15 heavy (non-hydrogen) atoms. The summed E-state index contributed by atoms with van der Waals surface area (Å²) in [4.78, 5) is 14.2. The Morgan fingerprint density at radius 1 is 1.00 bits per heavy atom. The summed E-state index contributed by atoms with van der Waals surface area (Å²) in [6.07, 6.45) is 7.76. The van der Waals surface area contributed by atoms with E-state index in [0.717, 1.165) is 38.8 Å². The maximum atomic E-state index is 12.1. The van der Waals surface area contributed by atoms with Crippen molar-refractivity contribution in [3.8, 4) is 0 Å². The summed E-state index contributed by atoms with van der Waals surface area (Å²) < 4.78 is 0. The van der Waals surface area contributed by atoms with Crippen molar-refractivity contribution in [1.29, 1.82) is 0 Å². The Labute approximate surface area is 92.0 Å². The molecule has 3 heteroatoms. The summed E-state index contributed by atoms with van der Waals surface area (Å²) in [6, 6.07) is 0.343. The van der Waals surface area contributed by atoms with Gasteiger partial charge in [-0.2, -0.15) is 0 Å². The van der Waals surface area contributed by atoms with Crippen LogP contribution in [0.25, 0.3) is 0 Å². The smallest absolute Gasteiger partial charge is 0.225 e. The van der Waals surface area contributed by atoms with Crippen LogP contribution in [0.3, 0.4) is 0 Å². The fourth-order valence-electron chi connectivity index (χ4n) is 2.74. The third-order valence-electron chi connectivity index (χ3n) is 3.79. The average Bonchev–Trinajstić information content (AvgIpc) is 2.30. The third kappa shape index (κ3) is 2.71. The van der Waals surface area contributed by atoms with Gasteiger partial charge in [0.05, 0.1) is 0 Å². The number of hydrogen-bond acceptors (Lipinski definition) is 2. The van der Waals surface area contributed by atoms with Gasteiger partial charge in [0.1, 0.15) is 0 Å². The molecule has 1 saturated heterocycles. The van der Waals surface area contributed by atoms with Crippen LogP contribution >= 0.6 is 0 Å². The highest BCUT2D eigenvalue weighted by molar-refractivity contribution is 5.79. The molecule has 0 aromatic carbocycles. The molecule has 0 radical (unpaired) electrons. The lowest BCUT2D eigenvalue weighted by atomic mass is 9.85. The normalized spacial score (nSPS) is 32.7. The van der Waals surface area contributed by atoms with Crippen LogP contribution in [0.1, 0.15) is 44.9 Å². The molecule has 2 fully saturated rings. The van der Waals surface area contributed by atoms with Crippen LogP contribution < -0.4 is 5.73 Å². The highest BCUT2D eigenvalue weighted by Crippen LogP contribution is 2.26. The minimum Gasteiger partial charge on any atom is -0.342 e. The van der Waals surface area contributed by atoms with Gasteiger partial charge in [0.15, 0.2) is 0 Å². The summed E-state index contributed by atoms with van der Waals surface area (Å²) >= 11 is 0. The predicted molar refractivity (Wildman–Crippen MR) is 60.4 cm³/mol. The van der Waals surface area contributed by atoms with Gasteiger partial charge in [0.2, 0.25) is 5.91 Å². The molecule has 0 unspecified atom stereocenters. The summed E-state index contributed by atoms with van der Waals surface area (Å²) in [5.74, 6) is 0.685. The van der Waals surface area contributed by atoms with Crippen LogP contribution in [0, 0.1) is 5.92 Å². The van der Waals surface area contributed by atoms with Gasteiger partial charge in [0.25, 0.3) is 0 Å². The SMILES string of the molecule is N[C@H]1CC[C@H](C(=O)N2CCCCC2)CC1. The summed E-state index contributed by atoms with van der Waals surface area (Å²) in [7, 11) is 0. The highest BCUT2D eigenvalue weighted by atomic mass is 16.2. The molecule has 0 spiro atoms. The summed E-state index contributed by atoms with van der Waals surface area (Å²) in [5, 5.41) is 0. The van der Waals surface area contributed by atoms with E-state index in [1.807, 2.05) is 0 Å². The maximum Gasteiger partial charge on any atom is 0.225 e. The fourth-order valence-corrected chi connectivity index (χ4v) is 2.74. The van der Waals surface area contributed by atoms with Crippen molar-refractivity contribution in [1.82, 2.24) is 4.90 Å². The standard InChI is InChI=1S/C12H22N2O/c13-11-6-4-10(5-7-11)12(15)14-8-2-1-3-9-14/h10-11H,1-9,13H2/t10-,11-. The van der Waals surface area contributed by atoms with E-state index in [0.29, 0.717) is 11.9 Å². The van der Waals surface area contributed by atoms with Gasteiger partial charge in [-0.3, -0.25) is 4.79 Å². The van der Waals surface area contributed by atoms with Crippen LogP contribution in [0.4, 0.5) is 0 Å². The number of nitrogens with zero attached hydrogens (tertiary/aromatic N) is 1. The van der Waals surface area contributed by atoms with Crippen molar-refractivity contribution in [2.45, 2.75) is 51.0 Å². The Bertz CT molecular complexity index is 216. The van der Waals surface area contributed by atoms with E-state index >= 15 is 0 Å². The zero-order valence-corrected chi connectivity index (χ0v) is 9.45. The van der Waals surface area contributed by atoms with Gasteiger partial charge in [0, 0.05) is 25.0 Å². The number of likely N-dealkylation sites (tertiary alicyclic amines) is 1. The van der Waals surface area contributed by atoms with Crippen molar-refractivity contribution in [2.75, 3.05) is 13.1 Å². The van der Waals surface area contributed by atoms with E-state index < -0.39 is 0 Å². The molecular weight excluding hydrogens is 188 g/mol. The first-order chi connectivity index (χ1) is 7.27. The lowest BCUT2D eigenvalue weighted by Crippen LogP contribution is -2.41. The molecule has 86 valence electrons. The Kier molecular flexibility index (Phi) is 3.62. The van der Waals surface area contributed by atoms with Gasteiger partial charge in [-0.1, -0.05) is 0 Å². The largest absolute Gasteiger partial charge is 0.342 e. The van der Waals surface area contributed by atoms with Crippen molar-refractivity contribution < 1.29 is 4.79 Å². The number of carbonyl (C=O) groups excluding carboxylic acids is 1. The quantitative estimate of drug-likeness (QED) is 0.713. The second kappa shape index (κ2) is 4.97. The monoisotopic (exact) mass is 210 g/mol. The first-order valence-electron chi connectivity index (χ1n) is 6.32. The number of hydrogen-bond donors (Lipinski definition) is 1. The van der Waals surface area contributed by atoms with Crippen molar-refractivity contribution >= 4 is 5.91 Å². The van der Waals surface area contributed by atoms with E-state index in [-0.39, 0.29) is 5.92 Å². The van der Waals surface area contributed by atoms with Crippen LogP contribution in [0.5, 0.6) is 0 Å². The molecule has 2 aliphatic rings. The van der Waals surface area contributed by atoms with E-state index in [2.05, 4.69) is 4.90 Å². The number of amides is 1. The molecule has 0 atom stereocenters. The Hall–Kier alpha value is -0.570. The number of rotatable bonds is 1. The first-order valence-corrected chi connectivity index (χ1v) is 6.32. The lowest BCUT2D eigenvalue weighted by molar-refractivity contribution is -0.137. The molecule has 2 N–H and O–H groups in total. The molecule has 0 aromatic heterocycles. The van der Waals surface area contributed by atoms with Crippen molar-refractivity contribution in [2.24, 2.45) is 11.7 Å². The third-order valence-corrected chi connectivity index (χ3v) is 3.79. The highest BCUT2D eigenvalue weighted by Gasteiger charge is 2.28. The maximum absolute atomic E-state index is 12.1. The van der Waals surface area contributed by atoms with Crippen LogP contribution in [0.15, 0.2) is 0 Å². The van der Waals surface area contributed by atoms with Gasteiger partial charge < -0.3 is 10.6 Å². The Morgan fingerprint density at radius 3 is 2.20 bits per heavy atom. The minimum absolute atomic E-state index is 0.280. The molecule has 0 bridgehead atoms. The topological polar surface area (TPSA) is 46.3 Å². The molecule has 1 aliphatic carbocycles. The molecule has 1 saturated carbocycles. The molecule has 1 amide bonds. The summed E-state index contributed by atoms with van der Waals surface area (Å²) in [5.41, 5.74) is 5.85. The molecule has 1 heterocycles. The second-order valence-electron chi connectivity index (χ2n) is 5.00. The molecule has 3 nitrogen and oxygen atoms in total. The molecular formula is C12H22N2O. The van der Waals surface area contributed by atoms with E-state index in [1.165, 1.54) is 19.3 Å². The van der Waals surface area contributed by atoms with E-state index in [4.69, 9.17) is 5.73 Å². The van der Waals surface area contributed by atoms with Gasteiger partial charge in [-0.15, -0.1) is 0 Å².